The molecular weight excluding hydrogens is 124 g/mol. The Morgan fingerprint density at radius 2 is 2.30 bits per heavy atom. The first kappa shape index (κ1) is 6.10. The summed E-state index contributed by atoms with van der Waals surface area (Å²) in [5, 5.41) is 0. The van der Waals surface area contributed by atoms with Gasteiger partial charge >= 0.3 is 0 Å². The number of hydrogen-bond donors (Lipinski definition) is 0. The average Bonchev–Trinajstić information content (AvgIpc) is 1.86. The maximum Gasteiger partial charge on any atom is 0.105 e. The van der Waals surface area contributed by atoms with Crippen LogP contribution in [0.15, 0.2) is 17.1 Å². The van der Waals surface area contributed by atoms with Crippen molar-refractivity contribution in [2.24, 2.45) is 4.99 Å². The van der Waals surface area contributed by atoms with Crippen LogP contribution >= 0.6 is 0 Å². The fraction of sp³-hybridized carbons (Fsp3) is 0.625. The average molecular weight is 136 g/mol. The summed E-state index contributed by atoms with van der Waals surface area (Å²) in [6.45, 7) is 2.49. The standard InChI is InChI=1S/C8H12N2/c1-2-5-9-8(4-1)10-6-3-7-10/h1-2,5,8H,3-4,6-7H2. The van der Waals surface area contributed by atoms with Gasteiger partial charge in [0.25, 0.3) is 0 Å². The van der Waals surface area contributed by atoms with E-state index in [9.17, 15) is 0 Å². The van der Waals surface area contributed by atoms with Gasteiger partial charge in [-0.2, -0.15) is 0 Å². The molecule has 0 radical (unpaired) electrons. The molecule has 1 unspecified atom stereocenters. The molecule has 1 atom stereocenters. The second kappa shape index (κ2) is 2.54. The van der Waals surface area contributed by atoms with Crippen molar-refractivity contribution in [2.75, 3.05) is 13.1 Å². The van der Waals surface area contributed by atoms with E-state index in [4.69, 9.17) is 0 Å². The van der Waals surface area contributed by atoms with Gasteiger partial charge in [-0.25, -0.2) is 0 Å². The molecule has 0 aromatic carbocycles. The first-order valence-corrected chi connectivity index (χ1v) is 3.89. The summed E-state index contributed by atoms with van der Waals surface area (Å²) in [5.41, 5.74) is 0. The number of aliphatic imine (C=N–C) groups is 1. The van der Waals surface area contributed by atoms with E-state index in [2.05, 4.69) is 16.0 Å². The molecule has 2 aliphatic heterocycles. The Bertz CT molecular complexity index is 168. The van der Waals surface area contributed by atoms with Crippen molar-refractivity contribution >= 4 is 6.21 Å². The van der Waals surface area contributed by atoms with Crippen LogP contribution in [0.1, 0.15) is 12.8 Å². The Balaban J connectivity index is 1.92. The summed E-state index contributed by atoms with van der Waals surface area (Å²) in [4.78, 5) is 6.78. The Labute approximate surface area is 61.2 Å². The van der Waals surface area contributed by atoms with Crippen molar-refractivity contribution in [3.63, 3.8) is 0 Å². The molecule has 2 heteroatoms. The molecule has 2 aliphatic rings. The number of nitrogens with zero attached hydrogens (tertiary/aromatic N) is 2. The summed E-state index contributed by atoms with van der Waals surface area (Å²) >= 11 is 0. The first-order valence-electron chi connectivity index (χ1n) is 3.89. The monoisotopic (exact) mass is 136 g/mol. The van der Waals surface area contributed by atoms with Crippen LogP contribution in [0.3, 0.4) is 0 Å². The SMILES string of the molecule is C1=CCC(N2CCC2)N=C1. The smallest absolute Gasteiger partial charge is 0.105 e. The fourth-order valence-corrected chi connectivity index (χ4v) is 1.35. The van der Waals surface area contributed by atoms with Crippen LogP contribution in [0, 0.1) is 0 Å². The maximum atomic E-state index is 4.37. The topological polar surface area (TPSA) is 15.6 Å². The lowest BCUT2D eigenvalue weighted by atomic mass is 10.1. The van der Waals surface area contributed by atoms with E-state index in [-0.39, 0.29) is 0 Å². The van der Waals surface area contributed by atoms with Crippen LogP contribution in [0.5, 0.6) is 0 Å². The van der Waals surface area contributed by atoms with Crippen molar-refractivity contribution in [3.8, 4) is 0 Å². The molecule has 10 heavy (non-hydrogen) atoms. The molecule has 0 aromatic heterocycles. The van der Waals surface area contributed by atoms with Gasteiger partial charge in [-0.3, -0.25) is 9.89 Å². The molecule has 2 nitrogen and oxygen atoms in total. The molecule has 2 rings (SSSR count). The van der Waals surface area contributed by atoms with Gasteiger partial charge < -0.3 is 0 Å². The minimum Gasteiger partial charge on any atom is -0.282 e. The van der Waals surface area contributed by atoms with E-state index in [0.29, 0.717) is 6.17 Å². The van der Waals surface area contributed by atoms with Gasteiger partial charge in [0, 0.05) is 25.7 Å². The van der Waals surface area contributed by atoms with E-state index < -0.39 is 0 Å². The van der Waals surface area contributed by atoms with Crippen LogP contribution in [0.25, 0.3) is 0 Å². The van der Waals surface area contributed by atoms with Gasteiger partial charge in [0.05, 0.1) is 0 Å². The Morgan fingerprint density at radius 1 is 1.40 bits per heavy atom. The molecule has 0 bridgehead atoms. The number of hydrogen-bond acceptors (Lipinski definition) is 2. The van der Waals surface area contributed by atoms with Crippen LogP contribution in [-0.2, 0) is 0 Å². The molecule has 1 saturated heterocycles. The molecule has 0 saturated carbocycles. The minimum absolute atomic E-state index is 0.471. The zero-order valence-electron chi connectivity index (χ0n) is 6.03. The highest BCUT2D eigenvalue weighted by Crippen LogP contribution is 2.16. The van der Waals surface area contributed by atoms with Crippen molar-refractivity contribution in [1.82, 2.24) is 4.90 Å². The lowest BCUT2D eigenvalue weighted by molar-refractivity contribution is 0.123. The van der Waals surface area contributed by atoms with Gasteiger partial charge in [0.2, 0.25) is 0 Å². The van der Waals surface area contributed by atoms with Crippen molar-refractivity contribution in [2.45, 2.75) is 19.0 Å². The van der Waals surface area contributed by atoms with Gasteiger partial charge in [0.15, 0.2) is 0 Å². The van der Waals surface area contributed by atoms with Crippen molar-refractivity contribution in [1.29, 1.82) is 0 Å². The third kappa shape index (κ3) is 0.991. The summed E-state index contributed by atoms with van der Waals surface area (Å²) in [7, 11) is 0. The number of allylic oxidation sites excluding steroid dienone is 1. The normalized spacial score (nSPS) is 32.2. The van der Waals surface area contributed by atoms with Gasteiger partial charge in [0.1, 0.15) is 6.17 Å². The third-order valence-electron chi connectivity index (χ3n) is 2.14. The Morgan fingerprint density at radius 3 is 2.80 bits per heavy atom. The Kier molecular flexibility index (Phi) is 1.55. The van der Waals surface area contributed by atoms with Crippen LogP contribution in [0.4, 0.5) is 0 Å². The zero-order chi connectivity index (χ0) is 6.81. The van der Waals surface area contributed by atoms with E-state index in [1.807, 2.05) is 12.3 Å². The second-order valence-corrected chi connectivity index (χ2v) is 2.83. The predicted octanol–water partition coefficient (Wildman–Crippen LogP) is 1.05. The Hall–Kier alpha value is -0.630. The van der Waals surface area contributed by atoms with Crippen LogP contribution in [0.2, 0.25) is 0 Å². The summed E-state index contributed by atoms with van der Waals surface area (Å²) in [6.07, 6.45) is 9.06. The van der Waals surface area contributed by atoms with Crippen molar-refractivity contribution < 1.29 is 0 Å². The van der Waals surface area contributed by atoms with E-state index >= 15 is 0 Å². The summed E-state index contributed by atoms with van der Waals surface area (Å²) < 4.78 is 0. The molecule has 54 valence electrons. The van der Waals surface area contributed by atoms with E-state index in [1.54, 1.807) is 0 Å². The van der Waals surface area contributed by atoms with Crippen molar-refractivity contribution in [3.05, 3.63) is 12.2 Å². The molecule has 0 aliphatic carbocycles. The largest absolute Gasteiger partial charge is 0.282 e. The molecule has 0 aromatic rings. The summed E-state index contributed by atoms with van der Waals surface area (Å²) in [5.74, 6) is 0. The maximum absolute atomic E-state index is 4.37. The molecule has 0 N–H and O–H groups in total. The third-order valence-corrected chi connectivity index (χ3v) is 2.14. The summed E-state index contributed by atoms with van der Waals surface area (Å²) in [6, 6.07) is 0. The molecule has 0 spiro atoms. The highest BCUT2D eigenvalue weighted by Gasteiger charge is 2.22. The molecule has 0 amide bonds. The quantitative estimate of drug-likeness (QED) is 0.526. The fourth-order valence-electron chi connectivity index (χ4n) is 1.35. The predicted molar refractivity (Wildman–Crippen MR) is 42.2 cm³/mol. The zero-order valence-corrected chi connectivity index (χ0v) is 6.03. The van der Waals surface area contributed by atoms with Crippen LogP contribution < -0.4 is 0 Å². The first-order chi connectivity index (χ1) is 4.97. The minimum atomic E-state index is 0.471. The molecule has 1 fully saturated rings. The lowest BCUT2D eigenvalue weighted by Crippen LogP contribution is -2.44. The lowest BCUT2D eigenvalue weighted by Gasteiger charge is -2.36. The van der Waals surface area contributed by atoms with Gasteiger partial charge in [-0.1, -0.05) is 6.08 Å². The van der Waals surface area contributed by atoms with E-state index in [0.717, 1.165) is 6.42 Å². The van der Waals surface area contributed by atoms with E-state index in [1.165, 1.54) is 19.5 Å². The highest BCUT2D eigenvalue weighted by atomic mass is 15.3. The second-order valence-electron chi connectivity index (χ2n) is 2.83. The van der Waals surface area contributed by atoms with Gasteiger partial charge in [-0.05, 0) is 12.5 Å². The molecular formula is C8H12N2. The highest BCUT2D eigenvalue weighted by molar-refractivity contribution is 5.72. The number of rotatable bonds is 1. The van der Waals surface area contributed by atoms with Gasteiger partial charge in [-0.15, -0.1) is 0 Å². The number of likely N-dealkylation sites (tertiary alicyclic amines) is 1. The van der Waals surface area contributed by atoms with Crippen LogP contribution in [-0.4, -0.2) is 30.4 Å². The number of dihydropyridines is 1. The molecule has 2 heterocycles.